The van der Waals surface area contributed by atoms with E-state index in [4.69, 9.17) is 0 Å². The highest BCUT2D eigenvalue weighted by Gasteiger charge is 2.47. The van der Waals surface area contributed by atoms with E-state index in [-0.39, 0.29) is 6.54 Å². The molecule has 0 unspecified atom stereocenters. The number of hydrogen-bond donors (Lipinski definition) is 0. The van der Waals surface area contributed by atoms with Gasteiger partial charge in [-0.2, -0.15) is 0 Å². The summed E-state index contributed by atoms with van der Waals surface area (Å²) in [6.07, 6.45) is 4.66. The summed E-state index contributed by atoms with van der Waals surface area (Å²) >= 11 is 1.82. The Labute approximate surface area is 107 Å². The third kappa shape index (κ3) is 3.12. The summed E-state index contributed by atoms with van der Waals surface area (Å²) < 4.78 is 27.0. The van der Waals surface area contributed by atoms with E-state index in [2.05, 4.69) is 10.6 Å². The maximum Gasteiger partial charge on any atom is 0.251 e. The molecule has 1 saturated heterocycles. The Morgan fingerprint density at radius 3 is 2.41 bits per heavy atom. The number of hydrogen-bond acceptors (Lipinski definition) is 3. The Balaban J connectivity index is 1.74. The lowest BCUT2D eigenvalue weighted by Crippen LogP contribution is -2.54. The predicted octanol–water partition coefficient (Wildman–Crippen LogP) is 2.71. The van der Waals surface area contributed by atoms with Crippen LogP contribution in [0.2, 0.25) is 0 Å². The molecule has 1 aliphatic carbocycles. The SMILES string of the molecule is CSN1CCC2(CC1)CC(N(C)CC(F)F)C2. The van der Waals surface area contributed by atoms with Gasteiger partial charge < -0.3 is 0 Å². The molecule has 0 radical (unpaired) electrons. The molecule has 1 spiro atoms. The zero-order valence-electron chi connectivity index (χ0n) is 10.7. The first-order chi connectivity index (χ1) is 8.04. The Morgan fingerprint density at radius 2 is 1.94 bits per heavy atom. The molecule has 1 heterocycles. The first-order valence-electron chi connectivity index (χ1n) is 6.32. The van der Waals surface area contributed by atoms with Gasteiger partial charge in [0.25, 0.3) is 6.43 Å². The first kappa shape index (κ1) is 13.6. The Bertz CT molecular complexity index is 247. The number of piperidine rings is 1. The van der Waals surface area contributed by atoms with E-state index in [0.29, 0.717) is 11.5 Å². The van der Waals surface area contributed by atoms with Crippen LogP contribution in [0.15, 0.2) is 0 Å². The Kier molecular flexibility index (Phi) is 4.31. The molecule has 2 nitrogen and oxygen atoms in total. The van der Waals surface area contributed by atoms with E-state index in [9.17, 15) is 8.78 Å². The molecule has 2 aliphatic rings. The zero-order chi connectivity index (χ0) is 12.5. The summed E-state index contributed by atoms with van der Waals surface area (Å²) in [6, 6.07) is 0.393. The van der Waals surface area contributed by atoms with E-state index in [1.807, 2.05) is 23.9 Å². The standard InChI is InChI=1S/C12H22F2N2S/c1-15(9-11(13)14)10-7-12(8-10)3-5-16(17-2)6-4-12/h10-11H,3-9H2,1-2H3. The van der Waals surface area contributed by atoms with Gasteiger partial charge in [0.15, 0.2) is 0 Å². The second-order valence-corrected chi connectivity index (χ2v) is 6.39. The maximum atomic E-state index is 12.3. The van der Waals surface area contributed by atoms with Crippen molar-refractivity contribution >= 4 is 11.9 Å². The van der Waals surface area contributed by atoms with Crippen molar-refractivity contribution in [2.75, 3.05) is 32.9 Å². The molecule has 0 aromatic heterocycles. The summed E-state index contributed by atoms with van der Waals surface area (Å²) in [5.41, 5.74) is 0.479. The second kappa shape index (κ2) is 5.41. The van der Waals surface area contributed by atoms with Crippen LogP contribution in [0.25, 0.3) is 0 Å². The van der Waals surface area contributed by atoms with Crippen molar-refractivity contribution in [1.29, 1.82) is 0 Å². The maximum absolute atomic E-state index is 12.3. The molecular weight excluding hydrogens is 242 g/mol. The molecule has 2 fully saturated rings. The molecular formula is C12H22F2N2S. The number of nitrogens with zero attached hydrogens (tertiary/aromatic N) is 2. The van der Waals surface area contributed by atoms with Gasteiger partial charge in [0, 0.05) is 19.1 Å². The summed E-state index contributed by atoms with van der Waals surface area (Å²) in [6.45, 7) is 2.25. The topological polar surface area (TPSA) is 6.48 Å². The Morgan fingerprint density at radius 1 is 1.35 bits per heavy atom. The smallest absolute Gasteiger partial charge is 0.251 e. The average Bonchev–Trinajstić information content (AvgIpc) is 2.25. The second-order valence-electron chi connectivity index (χ2n) is 5.50. The molecule has 0 aromatic rings. The van der Waals surface area contributed by atoms with Crippen molar-refractivity contribution in [1.82, 2.24) is 9.21 Å². The summed E-state index contributed by atoms with van der Waals surface area (Å²) in [7, 11) is 1.83. The molecule has 0 N–H and O–H groups in total. The molecule has 1 saturated carbocycles. The van der Waals surface area contributed by atoms with Gasteiger partial charge in [-0.3, -0.25) is 9.21 Å². The predicted molar refractivity (Wildman–Crippen MR) is 68.4 cm³/mol. The number of rotatable bonds is 4. The number of halogens is 2. The van der Waals surface area contributed by atoms with Gasteiger partial charge in [-0.05, 0) is 44.4 Å². The fourth-order valence-corrected chi connectivity index (χ4v) is 3.72. The zero-order valence-corrected chi connectivity index (χ0v) is 11.5. The van der Waals surface area contributed by atoms with Crippen LogP contribution in [0, 0.1) is 5.41 Å². The average molecular weight is 264 g/mol. The largest absolute Gasteiger partial charge is 0.298 e. The minimum Gasteiger partial charge on any atom is -0.298 e. The van der Waals surface area contributed by atoms with Gasteiger partial charge in [-0.15, -0.1) is 0 Å². The molecule has 0 amide bonds. The normalized spacial score (nSPS) is 25.8. The van der Waals surface area contributed by atoms with Crippen molar-refractivity contribution in [2.45, 2.75) is 38.2 Å². The van der Waals surface area contributed by atoms with Crippen LogP contribution in [0.3, 0.4) is 0 Å². The van der Waals surface area contributed by atoms with Gasteiger partial charge in [0.1, 0.15) is 0 Å². The van der Waals surface area contributed by atoms with Gasteiger partial charge >= 0.3 is 0 Å². The number of alkyl halides is 2. The van der Waals surface area contributed by atoms with Gasteiger partial charge in [0.05, 0.1) is 6.54 Å². The van der Waals surface area contributed by atoms with Crippen LogP contribution >= 0.6 is 11.9 Å². The minimum atomic E-state index is -2.20. The van der Waals surface area contributed by atoms with Crippen molar-refractivity contribution in [3.05, 3.63) is 0 Å². The van der Waals surface area contributed by atoms with Crippen LogP contribution in [0.1, 0.15) is 25.7 Å². The highest BCUT2D eigenvalue weighted by atomic mass is 32.2. The molecule has 5 heteroatoms. The molecule has 0 bridgehead atoms. The van der Waals surface area contributed by atoms with E-state index in [1.165, 1.54) is 12.8 Å². The van der Waals surface area contributed by atoms with E-state index in [0.717, 1.165) is 25.9 Å². The lowest BCUT2D eigenvalue weighted by molar-refractivity contribution is -0.0375. The molecule has 17 heavy (non-hydrogen) atoms. The van der Waals surface area contributed by atoms with Crippen LogP contribution in [0.5, 0.6) is 0 Å². The monoisotopic (exact) mass is 264 g/mol. The lowest BCUT2D eigenvalue weighted by atomic mass is 9.60. The van der Waals surface area contributed by atoms with E-state index < -0.39 is 6.43 Å². The van der Waals surface area contributed by atoms with Crippen molar-refractivity contribution in [3.8, 4) is 0 Å². The fourth-order valence-electron chi connectivity index (χ4n) is 3.17. The van der Waals surface area contributed by atoms with Gasteiger partial charge in [-0.1, -0.05) is 11.9 Å². The molecule has 100 valence electrons. The molecule has 2 rings (SSSR count). The Hall–Kier alpha value is 0.130. The van der Waals surface area contributed by atoms with E-state index in [1.54, 1.807) is 0 Å². The molecule has 1 aliphatic heterocycles. The van der Waals surface area contributed by atoms with E-state index >= 15 is 0 Å². The van der Waals surface area contributed by atoms with Crippen molar-refractivity contribution < 1.29 is 8.78 Å². The summed E-state index contributed by atoms with van der Waals surface area (Å²) in [5, 5.41) is 0. The van der Waals surface area contributed by atoms with Crippen molar-refractivity contribution in [2.24, 2.45) is 5.41 Å². The molecule has 0 aromatic carbocycles. The minimum absolute atomic E-state index is 0.0717. The molecule has 0 atom stereocenters. The van der Waals surface area contributed by atoms with Crippen LogP contribution in [-0.4, -0.2) is 54.6 Å². The van der Waals surface area contributed by atoms with Crippen LogP contribution in [0.4, 0.5) is 8.78 Å². The van der Waals surface area contributed by atoms with Crippen LogP contribution in [-0.2, 0) is 0 Å². The lowest BCUT2D eigenvalue weighted by Gasteiger charge is -2.54. The van der Waals surface area contributed by atoms with Crippen molar-refractivity contribution in [3.63, 3.8) is 0 Å². The van der Waals surface area contributed by atoms with Gasteiger partial charge in [0.2, 0.25) is 0 Å². The van der Waals surface area contributed by atoms with Crippen LogP contribution < -0.4 is 0 Å². The highest BCUT2D eigenvalue weighted by molar-refractivity contribution is 7.96. The quantitative estimate of drug-likeness (QED) is 0.721. The third-order valence-electron chi connectivity index (χ3n) is 4.43. The van der Waals surface area contributed by atoms with Gasteiger partial charge in [-0.25, -0.2) is 8.78 Å². The summed E-state index contributed by atoms with van der Waals surface area (Å²) in [5.74, 6) is 0. The third-order valence-corrected chi connectivity index (χ3v) is 5.31. The fraction of sp³-hybridized carbons (Fsp3) is 1.00. The highest BCUT2D eigenvalue weighted by Crippen LogP contribution is 2.51. The first-order valence-corrected chi connectivity index (χ1v) is 7.50. The summed E-state index contributed by atoms with van der Waals surface area (Å²) in [4.78, 5) is 1.84.